The standard InChI is InChI=1S/C14H12F3NO2/c1-8(19)11-7-9(20-14(16)17)4-5-10(11)13-12(15)3-2-6-18-13/h2-8,14,19H,1H3/t8-/m1/s1. The average Bonchev–Trinajstić information content (AvgIpc) is 2.39. The number of aromatic nitrogens is 1. The number of aliphatic hydroxyl groups excluding tert-OH is 1. The van der Waals surface area contributed by atoms with Crippen LogP contribution in [0.25, 0.3) is 11.3 Å². The van der Waals surface area contributed by atoms with E-state index in [1.54, 1.807) is 0 Å². The molecule has 0 spiro atoms. The first-order chi connectivity index (χ1) is 9.49. The maximum absolute atomic E-state index is 13.7. The quantitative estimate of drug-likeness (QED) is 0.933. The van der Waals surface area contributed by atoms with Crippen molar-refractivity contribution in [1.82, 2.24) is 4.98 Å². The van der Waals surface area contributed by atoms with Crippen molar-refractivity contribution in [2.24, 2.45) is 0 Å². The highest BCUT2D eigenvalue weighted by molar-refractivity contribution is 5.66. The summed E-state index contributed by atoms with van der Waals surface area (Å²) in [5.41, 5.74) is 0.646. The molecule has 0 fully saturated rings. The molecule has 0 aliphatic rings. The van der Waals surface area contributed by atoms with Crippen molar-refractivity contribution in [3.63, 3.8) is 0 Å². The van der Waals surface area contributed by atoms with E-state index in [-0.39, 0.29) is 17.0 Å². The van der Waals surface area contributed by atoms with Gasteiger partial charge in [-0.1, -0.05) is 0 Å². The van der Waals surface area contributed by atoms with Crippen LogP contribution in [-0.2, 0) is 0 Å². The predicted octanol–water partition coefficient (Wildman–Crippen LogP) is 3.54. The minimum atomic E-state index is -2.96. The summed E-state index contributed by atoms with van der Waals surface area (Å²) in [7, 11) is 0. The van der Waals surface area contributed by atoms with Gasteiger partial charge in [0.15, 0.2) is 0 Å². The maximum Gasteiger partial charge on any atom is 0.387 e. The van der Waals surface area contributed by atoms with Crippen molar-refractivity contribution in [2.45, 2.75) is 19.6 Å². The Balaban J connectivity index is 2.51. The van der Waals surface area contributed by atoms with Crippen molar-refractivity contribution in [3.8, 4) is 17.0 Å². The molecular weight excluding hydrogens is 271 g/mol. The third kappa shape index (κ3) is 3.08. The number of pyridine rings is 1. The van der Waals surface area contributed by atoms with E-state index in [0.717, 1.165) is 0 Å². The Morgan fingerprint density at radius 3 is 2.60 bits per heavy atom. The first kappa shape index (κ1) is 14.3. The van der Waals surface area contributed by atoms with Crippen LogP contribution >= 0.6 is 0 Å². The predicted molar refractivity (Wildman–Crippen MR) is 66.9 cm³/mol. The van der Waals surface area contributed by atoms with Gasteiger partial charge >= 0.3 is 6.61 Å². The molecule has 0 unspecified atom stereocenters. The summed E-state index contributed by atoms with van der Waals surface area (Å²) in [4.78, 5) is 3.91. The molecular formula is C14H12F3NO2. The molecule has 0 aliphatic carbocycles. The fraction of sp³-hybridized carbons (Fsp3) is 0.214. The normalized spacial score (nSPS) is 12.5. The van der Waals surface area contributed by atoms with Gasteiger partial charge in [0, 0.05) is 11.8 Å². The second-order valence-corrected chi connectivity index (χ2v) is 4.14. The molecule has 0 saturated carbocycles. The van der Waals surface area contributed by atoms with E-state index in [1.165, 1.54) is 43.5 Å². The van der Waals surface area contributed by atoms with E-state index in [1.807, 2.05) is 0 Å². The molecule has 1 aromatic heterocycles. The highest BCUT2D eigenvalue weighted by Crippen LogP contribution is 2.32. The summed E-state index contributed by atoms with van der Waals surface area (Å²) in [6.45, 7) is -1.51. The number of rotatable bonds is 4. The van der Waals surface area contributed by atoms with Crippen molar-refractivity contribution >= 4 is 0 Å². The van der Waals surface area contributed by atoms with E-state index < -0.39 is 18.5 Å². The molecule has 1 atom stereocenters. The molecule has 106 valence electrons. The van der Waals surface area contributed by atoms with Gasteiger partial charge in [-0.05, 0) is 42.8 Å². The molecule has 2 aromatic rings. The number of benzene rings is 1. The molecule has 0 bridgehead atoms. The van der Waals surface area contributed by atoms with Crippen LogP contribution in [0.15, 0.2) is 36.5 Å². The summed E-state index contributed by atoms with van der Waals surface area (Å²) in [5.74, 6) is -0.659. The number of hydrogen-bond donors (Lipinski definition) is 1. The second kappa shape index (κ2) is 5.92. The molecule has 0 aliphatic heterocycles. The molecule has 2 rings (SSSR count). The minimum absolute atomic E-state index is 0.0481. The van der Waals surface area contributed by atoms with Crippen LogP contribution in [0.3, 0.4) is 0 Å². The Hall–Kier alpha value is -2.08. The summed E-state index contributed by atoms with van der Waals surface area (Å²) in [5, 5.41) is 9.72. The average molecular weight is 283 g/mol. The van der Waals surface area contributed by atoms with Crippen molar-refractivity contribution in [1.29, 1.82) is 0 Å². The first-order valence-corrected chi connectivity index (χ1v) is 5.86. The minimum Gasteiger partial charge on any atom is -0.435 e. The lowest BCUT2D eigenvalue weighted by molar-refractivity contribution is -0.0499. The van der Waals surface area contributed by atoms with Crippen LogP contribution in [0.5, 0.6) is 5.75 Å². The highest BCUT2D eigenvalue weighted by atomic mass is 19.3. The Labute approximate surface area is 113 Å². The molecule has 6 heteroatoms. The molecule has 0 saturated heterocycles. The molecule has 1 heterocycles. The van der Waals surface area contributed by atoms with Crippen LogP contribution in [-0.4, -0.2) is 16.7 Å². The lowest BCUT2D eigenvalue weighted by Crippen LogP contribution is -2.04. The zero-order valence-electron chi connectivity index (χ0n) is 10.6. The fourth-order valence-electron chi connectivity index (χ4n) is 1.86. The molecule has 0 radical (unpaired) electrons. The van der Waals surface area contributed by atoms with Gasteiger partial charge in [0.2, 0.25) is 0 Å². The number of aliphatic hydroxyl groups is 1. The monoisotopic (exact) mass is 283 g/mol. The fourth-order valence-corrected chi connectivity index (χ4v) is 1.86. The van der Waals surface area contributed by atoms with Gasteiger partial charge in [-0.2, -0.15) is 8.78 Å². The highest BCUT2D eigenvalue weighted by Gasteiger charge is 2.16. The van der Waals surface area contributed by atoms with Gasteiger partial charge in [-0.15, -0.1) is 0 Å². The summed E-state index contributed by atoms with van der Waals surface area (Å²) in [6, 6.07) is 6.60. The topological polar surface area (TPSA) is 42.4 Å². The largest absolute Gasteiger partial charge is 0.435 e. The molecule has 1 aromatic carbocycles. The van der Waals surface area contributed by atoms with Crippen LogP contribution in [0.2, 0.25) is 0 Å². The smallest absolute Gasteiger partial charge is 0.387 e. The summed E-state index contributed by atoms with van der Waals surface area (Å²) >= 11 is 0. The van der Waals surface area contributed by atoms with E-state index in [9.17, 15) is 18.3 Å². The molecule has 3 nitrogen and oxygen atoms in total. The van der Waals surface area contributed by atoms with Gasteiger partial charge in [-0.3, -0.25) is 4.98 Å². The maximum atomic E-state index is 13.7. The molecule has 20 heavy (non-hydrogen) atoms. The lowest BCUT2D eigenvalue weighted by Gasteiger charge is -2.14. The SMILES string of the molecule is C[C@@H](O)c1cc(OC(F)F)ccc1-c1ncccc1F. The Kier molecular flexibility index (Phi) is 4.24. The molecule has 0 amide bonds. The van der Waals surface area contributed by atoms with E-state index >= 15 is 0 Å². The third-order valence-electron chi connectivity index (χ3n) is 2.71. The number of halogens is 3. The van der Waals surface area contributed by atoms with Gasteiger partial charge in [-0.25, -0.2) is 4.39 Å². The second-order valence-electron chi connectivity index (χ2n) is 4.14. The van der Waals surface area contributed by atoms with Crippen molar-refractivity contribution in [3.05, 3.63) is 47.9 Å². The Morgan fingerprint density at radius 2 is 2.00 bits per heavy atom. The van der Waals surface area contributed by atoms with Gasteiger partial charge in [0.25, 0.3) is 0 Å². The van der Waals surface area contributed by atoms with Crippen molar-refractivity contribution < 1.29 is 23.0 Å². The Bertz CT molecular complexity index is 603. The zero-order chi connectivity index (χ0) is 14.7. The lowest BCUT2D eigenvalue weighted by atomic mass is 9.99. The third-order valence-corrected chi connectivity index (χ3v) is 2.71. The number of ether oxygens (including phenoxy) is 1. The van der Waals surface area contributed by atoms with Crippen LogP contribution < -0.4 is 4.74 Å². The molecule has 1 N–H and O–H groups in total. The van der Waals surface area contributed by atoms with Gasteiger partial charge in [0.05, 0.1) is 6.10 Å². The Morgan fingerprint density at radius 1 is 1.25 bits per heavy atom. The van der Waals surface area contributed by atoms with E-state index in [0.29, 0.717) is 5.56 Å². The van der Waals surface area contributed by atoms with Crippen LogP contribution in [0.1, 0.15) is 18.6 Å². The van der Waals surface area contributed by atoms with Crippen LogP contribution in [0, 0.1) is 5.82 Å². The number of hydrogen-bond acceptors (Lipinski definition) is 3. The zero-order valence-corrected chi connectivity index (χ0v) is 10.6. The van der Waals surface area contributed by atoms with E-state index in [2.05, 4.69) is 9.72 Å². The van der Waals surface area contributed by atoms with Gasteiger partial charge < -0.3 is 9.84 Å². The van der Waals surface area contributed by atoms with Crippen LogP contribution in [0.4, 0.5) is 13.2 Å². The first-order valence-electron chi connectivity index (χ1n) is 5.86. The summed E-state index contributed by atoms with van der Waals surface area (Å²) < 4.78 is 42.4. The number of nitrogens with zero attached hydrogens (tertiary/aromatic N) is 1. The summed E-state index contributed by atoms with van der Waals surface area (Å²) in [6.07, 6.45) is 0.431. The van der Waals surface area contributed by atoms with E-state index in [4.69, 9.17) is 0 Å². The van der Waals surface area contributed by atoms with Gasteiger partial charge in [0.1, 0.15) is 17.3 Å². The van der Waals surface area contributed by atoms with Crippen molar-refractivity contribution in [2.75, 3.05) is 0 Å². The number of alkyl halides is 2.